The number of aromatic amines is 1. The fourth-order valence-electron chi connectivity index (χ4n) is 3.24. The lowest BCUT2D eigenvalue weighted by Crippen LogP contribution is -2.44. The van der Waals surface area contributed by atoms with Gasteiger partial charge < -0.3 is 20.1 Å². The van der Waals surface area contributed by atoms with Gasteiger partial charge in [-0.2, -0.15) is 0 Å². The van der Waals surface area contributed by atoms with Crippen LogP contribution in [0.25, 0.3) is 22.4 Å². The Balaban J connectivity index is 1.60. The van der Waals surface area contributed by atoms with E-state index in [0.29, 0.717) is 12.1 Å². The molecule has 0 unspecified atom stereocenters. The molecular weight excluding hydrogens is 314 g/mol. The number of nitrogens with zero attached hydrogens (tertiary/aromatic N) is 3. The van der Waals surface area contributed by atoms with Crippen LogP contribution in [0.15, 0.2) is 42.5 Å². The van der Waals surface area contributed by atoms with E-state index in [4.69, 9.17) is 0 Å². The molecule has 2 heterocycles. The number of amides is 1. The summed E-state index contributed by atoms with van der Waals surface area (Å²) in [5, 5.41) is 2.70. The lowest BCUT2D eigenvalue weighted by Gasteiger charge is -2.34. The first-order chi connectivity index (χ1) is 12.2. The molecule has 1 aliphatic rings. The molecule has 25 heavy (non-hydrogen) atoms. The van der Waals surface area contributed by atoms with Crippen LogP contribution in [0.3, 0.4) is 0 Å². The van der Waals surface area contributed by atoms with Gasteiger partial charge in [0.25, 0.3) is 0 Å². The Morgan fingerprint density at radius 2 is 1.84 bits per heavy atom. The fraction of sp³-hybridized carbons (Fsp3) is 0.263. The topological polar surface area (TPSA) is 64.3 Å². The molecule has 3 aromatic rings. The molecule has 0 radical (unpaired) electrons. The molecule has 0 aliphatic carbocycles. The number of nitrogens with one attached hydrogen (secondary N) is 2. The standard InChI is InChI=1S/C19H21N5O/c1-23-9-11-24(12-10-23)15-7-5-14(6-8-15)19-21-17-4-2-3-16(20-13-25)18(17)22-19/h2-8,13H,9-12H2,1H3,(H,20,25)(H,21,22). The average Bonchev–Trinajstić information content (AvgIpc) is 3.08. The third-order valence-electron chi connectivity index (χ3n) is 4.74. The highest BCUT2D eigenvalue weighted by molar-refractivity contribution is 5.94. The highest BCUT2D eigenvalue weighted by Gasteiger charge is 2.14. The summed E-state index contributed by atoms with van der Waals surface area (Å²) < 4.78 is 0. The molecule has 6 heteroatoms. The minimum Gasteiger partial charge on any atom is -0.369 e. The molecule has 6 nitrogen and oxygen atoms in total. The maximum absolute atomic E-state index is 10.7. The number of fused-ring (bicyclic) bond motifs is 1. The monoisotopic (exact) mass is 335 g/mol. The van der Waals surface area contributed by atoms with Gasteiger partial charge in [0.1, 0.15) is 11.3 Å². The first kappa shape index (κ1) is 15.7. The van der Waals surface area contributed by atoms with E-state index in [1.165, 1.54) is 5.69 Å². The Kier molecular flexibility index (Phi) is 4.11. The average molecular weight is 335 g/mol. The largest absolute Gasteiger partial charge is 0.369 e. The zero-order valence-corrected chi connectivity index (χ0v) is 14.2. The van der Waals surface area contributed by atoms with Crippen molar-refractivity contribution in [1.82, 2.24) is 14.9 Å². The van der Waals surface area contributed by atoms with Crippen LogP contribution in [-0.4, -0.2) is 54.5 Å². The number of para-hydroxylation sites is 1. The van der Waals surface area contributed by atoms with Crippen molar-refractivity contribution in [3.05, 3.63) is 42.5 Å². The van der Waals surface area contributed by atoms with E-state index in [9.17, 15) is 4.79 Å². The molecule has 0 saturated carbocycles. The van der Waals surface area contributed by atoms with E-state index >= 15 is 0 Å². The third kappa shape index (κ3) is 3.08. The number of H-pyrrole nitrogens is 1. The minimum atomic E-state index is 0.675. The van der Waals surface area contributed by atoms with Gasteiger partial charge in [-0.3, -0.25) is 4.79 Å². The quantitative estimate of drug-likeness (QED) is 0.719. The number of imidazole rings is 1. The van der Waals surface area contributed by atoms with Gasteiger partial charge in [0, 0.05) is 37.4 Å². The molecule has 128 valence electrons. The van der Waals surface area contributed by atoms with E-state index in [1.54, 1.807) is 0 Å². The summed E-state index contributed by atoms with van der Waals surface area (Å²) in [6.07, 6.45) is 0.675. The summed E-state index contributed by atoms with van der Waals surface area (Å²) >= 11 is 0. The number of hydrogen-bond donors (Lipinski definition) is 2. The van der Waals surface area contributed by atoms with Crippen molar-refractivity contribution in [1.29, 1.82) is 0 Å². The molecule has 1 amide bonds. The Morgan fingerprint density at radius 1 is 1.08 bits per heavy atom. The highest BCUT2D eigenvalue weighted by Crippen LogP contribution is 2.27. The Bertz CT molecular complexity index is 878. The number of anilines is 2. The molecule has 4 rings (SSSR count). The smallest absolute Gasteiger partial charge is 0.211 e. The second-order valence-electron chi connectivity index (χ2n) is 6.39. The molecule has 1 saturated heterocycles. The summed E-state index contributed by atoms with van der Waals surface area (Å²) in [5.41, 5.74) is 4.67. The van der Waals surface area contributed by atoms with Gasteiger partial charge >= 0.3 is 0 Å². The number of piperazine rings is 1. The molecule has 1 aliphatic heterocycles. The van der Waals surface area contributed by atoms with Gasteiger partial charge in [0.05, 0.1) is 11.2 Å². The summed E-state index contributed by atoms with van der Waals surface area (Å²) in [6.45, 7) is 4.30. The zero-order chi connectivity index (χ0) is 17.2. The van der Waals surface area contributed by atoms with Crippen LogP contribution in [0, 0.1) is 0 Å². The summed E-state index contributed by atoms with van der Waals surface area (Å²) in [4.78, 5) is 23.5. The Morgan fingerprint density at radius 3 is 2.56 bits per heavy atom. The number of benzene rings is 2. The number of aromatic nitrogens is 2. The van der Waals surface area contributed by atoms with Crippen molar-refractivity contribution in [2.75, 3.05) is 43.4 Å². The summed E-state index contributed by atoms with van der Waals surface area (Å²) in [6, 6.07) is 14.2. The van der Waals surface area contributed by atoms with Crippen molar-refractivity contribution in [3.8, 4) is 11.4 Å². The molecule has 1 aromatic heterocycles. The first-order valence-electron chi connectivity index (χ1n) is 8.47. The van der Waals surface area contributed by atoms with E-state index < -0.39 is 0 Å². The van der Waals surface area contributed by atoms with E-state index in [0.717, 1.165) is 48.6 Å². The summed E-state index contributed by atoms with van der Waals surface area (Å²) in [7, 11) is 2.16. The molecule has 2 aromatic carbocycles. The number of likely N-dealkylation sites (N-methyl/N-ethyl adjacent to an activating group) is 1. The predicted octanol–water partition coefficient (Wildman–Crippen LogP) is 2.55. The fourth-order valence-corrected chi connectivity index (χ4v) is 3.24. The summed E-state index contributed by atoms with van der Waals surface area (Å²) in [5.74, 6) is 0.806. The van der Waals surface area contributed by atoms with Crippen LogP contribution in [0.1, 0.15) is 0 Å². The highest BCUT2D eigenvalue weighted by atomic mass is 16.1. The molecule has 0 spiro atoms. The van der Waals surface area contributed by atoms with Crippen LogP contribution in [0.4, 0.5) is 11.4 Å². The maximum Gasteiger partial charge on any atom is 0.211 e. The number of carbonyl (C=O) groups excluding carboxylic acids is 1. The van der Waals surface area contributed by atoms with Crippen LogP contribution < -0.4 is 10.2 Å². The van der Waals surface area contributed by atoms with Crippen molar-refractivity contribution in [2.24, 2.45) is 0 Å². The molecule has 1 fully saturated rings. The number of carbonyl (C=O) groups is 1. The lowest BCUT2D eigenvalue weighted by molar-refractivity contribution is -0.105. The first-order valence-corrected chi connectivity index (χ1v) is 8.47. The molecular formula is C19H21N5O. The second-order valence-corrected chi connectivity index (χ2v) is 6.39. The second kappa shape index (κ2) is 6.57. The van der Waals surface area contributed by atoms with Crippen molar-refractivity contribution < 1.29 is 4.79 Å². The van der Waals surface area contributed by atoms with E-state index in [1.807, 2.05) is 18.2 Å². The van der Waals surface area contributed by atoms with E-state index in [-0.39, 0.29) is 0 Å². The van der Waals surface area contributed by atoms with Gasteiger partial charge in [-0.25, -0.2) is 4.98 Å². The molecule has 2 N–H and O–H groups in total. The van der Waals surface area contributed by atoms with Gasteiger partial charge in [-0.15, -0.1) is 0 Å². The third-order valence-corrected chi connectivity index (χ3v) is 4.74. The van der Waals surface area contributed by atoms with Gasteiger partial charge in [0.15, 0.2) is 0 Å². The van der Waals surface area contributed by atoms with Crippen LogP contribution in [0.2, 0.25) is 0 Å². The van der Waals surface area contributed by atoms with Crippen LogP contribution in [0.5, 0.6) is 0 Å². The van der Waals surface area contributed by atoms with Crippen LogP contribution >= 0.6 is 0 Å². The van der Waals surface area contributed by atoms with E-state index in [2.05, 4.69) is 56.4 Å². The van der Waals surface area contributed by atoms with Gasteiger partial charge in [-0.1, -0.05) is 6.07 Å². The van der Waals surface area contributed by atoms with Crippen molar-refractivity contribution in [3.63, 3.8) is 0 Å². The van der Waals surface area contributed by atoms with Crippen molar-refractivity contribution >= 4 is 28.8 Å². The van der Waals surface area contributed by atoms with Crippen molar-refractivity contribution in [2.45, 2.75) is 0 Å². The Labute approximate surface area is 146 Å². The SMILES string of the molecule is CN1CCN(c2ccc(-c3nc4c(NC=O)cccc4[nH]3)cc2)CC1. The minimum absolute atomic E-state index is 0.675. The number of hydrogen-bond acceptors (Lipinski definition) is 4. The maximum atomic E-state index is 10.7. The van der Waals surface area contributed by atoms with Gasteiger partial charge in [-0.05, 0) is 43.4 Å². The number of rotatable bonds is 4. The Hall–Kier alpha value is -2.86. The van der Waals surface area contributed by atoms with Gasteiger partial charge in [0.2, 0.25) is 6.41 Å². The normalized spacial score (nSPS) is 15.5. The molecule has 0 bridgehead atoms. The predicted molar refractivity (Wildman–Crippen MR) is 101 cm³/mol. The lowest BCUT2D eigenvalue weighted by atomic mass is 10.1. The van der Waals surface area contributed by atoms with Crippen LogP contribution in [-0.2, 0) is 4.79 Å². The zero-order valence-electron chi connectivity index (χ0n) is 14.2. The molecule has 0 atom stereocenters.